The van der Waals surface area contributed by atoms with E-state index in [9.17, 15) is 18.9 Å². The number of hydrogen-bond acceptors (Lipinski definition) is 13. The number of thioether (sulfide) groups is 2. The van der Waals surface area contributed by atoms with E-state index in [1.165, 1.54) is 6.33 Å². The van der Waals surface area contributed by atoms with Gasteiger partial charge in [-0.15, -0.1) is 0 Å². The summed E-state index contributed by atoms with van der Waals surface area (Å²) >= 11 is 2.17. The number of carbonyl (C=O) groups excluding carboxylic acids is 2. The number of nitrogens with one attached hydrogen (secondary N) is 1. The number of rotatable bonds is 12. The third kappa shape index (κ3) is 9.13. The van der Waals surface area contributed by atoms with Crippen molar-refractivity contribution >= 4 is 58.7 Å². The van der Waals surface area contributed by atoms with Crippen LogP contribution in [-0.2, 0) is 32.5 Å². The van der Waals surface area contributed by atoms with Crippen LogP contribution in [0.3, 0.4) is 0 Å². The molecule has 2 aromatic heterocycles. The molecule has 16 heteroatoms. The smallest absolute Gasteiger partial charge is 0.369 e. The third-order valence-corrected chi connectivity index (χ3v) is 9.57. The van der Waals surface area contributed by atoms with Crippen molar-refractivity contribution in [1.29, 1.82) is 0 Å². The molecule has 1 aliphatic rings. The van der Waals surface area contributed by atoms with Crippen LogP contribution in [0.5, 0.6) is 0 Å². The molecule has 1 fully saturated rings. The Labute approximate surface area is 241 Å². The minimum Gasteiger partial charge on any atom is -0.369 e. The maximum atomic E-state index is 13.4. The van der Waals surface area contributed by atoms with Crippen LogP contribution in [0.25, 0.3) is 11.2 Å². The van der Waals surface area contributed by atoms with Gasteiger partial charge in [-0.1, -0.05) is 65.1 Å². The number of nitrogen functional groups attached to an aromatic ring is 1. The van der Waals surface area contributed by atoms with Crippen LogP contribution >= 0.6 is 31.3 Å². The fraction of sp³-hybridized carbons (Fsp3) is 0.708. The van der Waals surface area contributed by atoms with Crippen molar-refractivity contribution in [2.45, 2.75) is 66.7 Å². The Balaban J connectivity index is 1.58. The second-order valence-corrected chi connectivity index (χ2v) is 15.1. The standard InChI is InChI=1S/C24H38N5O8PS2/c1-23(2,3)20(31)39-11-9-34-38(33,35-10-12-40-21(32)24(4,5)6)36-13-15-7-8-16(37-15)29-14-26-17-18(29)27-22(25)28-19(17)30/h14-16H,7-13H2,1-6H3,(H3,25,27,28,30)/t15-,16+/m0/s1. The molecule has 0 aromatic carbocycles. The zero-order chi connectivity index (χ0) is 29.7. The van der Waals surface area contributed by atoms with Crippen molar-refractivity contribution in [3.05, 3.63) is 16.7 Å². The predicted octanol–water partition coefficient (Wildman–Crippen LogP) is 4.15. The van der Waals surface area contributed by atoms with Gasteiger partial charge in [-0.2, -0.15) is 4.98 Å². The number of hydrogen-bond donors (Lipinski definition) is 2. The molecular formula is C24H38N5O8PS2. The van der Waals surface area contributed by atoms with Crippen molar-refractivity contribution in [2.24, 2.45) is 10.8 Å². The average molecular weight is 620 g/mol. The number of nitrogens with two attached hydrogens (primary N) is 1. The number of anilines is 1. The number of ether oxygens (including phenoxy) is 1. The molecule has 224 valence electrons. The molecule has 13 nitrogen and oxygen atoms in total. The molecule has 3 heterocycles. The lowest BCUT2D eigenvalue weighted by Gasteiger charge is -2.21. The summed E-state index contributed by atoms with van der Waals surface area (Å²) in [5.41, 5.74) is 4.66. The summed E-state index contributed by atoms with van der Waals surface area (Å²) in [6, 6.07) is 0. The molecule has 0 radical (unpaired) electrons. The molecule has 0 amide bonds. The van der Waals surface area contributed by atoms with Crippen molar-refractivity contribution in [2.75, 3.05) is 37.1 Å². The summed E-state index contributed by atoms with van der Waals surface area (Å²) in [6.07, 6.45) is 1.67. The van der Waals surface area contributed by atoms with E-state index in [-0.39, 0.29) is 53.0 Å². The molecule has 1 saturated heterocycles. The minimum absolute atomic E-state index is 0.0134. The fourth-order valence-corrected chi connectivity index (χ4v) is 6.47. The zero-order valence-corrected chi connectivity index (χ0v) is 26.2. The van der Waals surface area contributed by atoms with E-state index in [0.29, 0.717) is 18.5 Å². The maximum absolute atomic E-state index is 13.4. The third-order valence-electron chi connectivity index (χ3n) is 5.62. The van der Waals surface area contributed by atoms with Crippen LogP contribution in [-0.4, -0.2) is 67.2 Å². The van der Waals surface area contributed by atoms with Gasteiger partial charge >= 0.3 is 7.82 Å². The molecule has 1 aliphatic heterocycles. The molecule has 2 aromatic rings. The summed E-state index contributed by atoms with van der Waals surface area (Å²) in [5, 5.41) is -0.0268. The molecular weight excluding hydrogens is 581 g/mol. The van der Waals surface area contributed by atoms with Gasteiger partial charge in [0.05, 0.1) is 32.3 Å². The van der Waals surface area contributed by atoms with Gasteiger partial charge in [0.1, 0.15) is 6.23 Å². The molecule has 0 unspecified atom stereocenters. The van der Waals surface area contributed by atoms with Crippen molar-refractivity contribution in [3.63, 3.8) is 0 Å². The Morgan fingerprint density at radius 2 is 1.65 bits per heavy atom. The quantitative estimate of drug-likeness (QED) is 0.256. The van der Waals surface area contributed by atoms with Gasteiger partial charge in [0.15, 0.2) is 21.4 Å². The molecule has 0 bridgehead atoms. The van der Waals surface area contributed by atoms with Gasteiger partial charge in [-0.3, -0.25) is 37.5 Å². The summed E-state index contributed by atoms with van der Waals surface area (Å²) in [7, 11) is -4.03. The average Bonchev–Trinajstić information content (AvgIpc) is 3.49. The molecule has 2 atom stereocenters. The van der Waals surface area contributed by atoms with Gasteiger partial charge in [-0.05, 0) is 12.8 Å². The Morgan fingerprint density at radius 1 is 1.07 bits per heavy atom. The lowest BCUT2D eigenvalue weighted by atomic mass is 9.99. The van der Waals surface area contributed by atoms with Gasteiger partial charge in [0, 0.05) is 22.3 Å². The first-order valence-electron chi connectivity index (χ1n) is 12.8. The number of H-pyrrole nitrogens is 1. The van der Waals surface area contributed by atoms with Crippen molar-refractivity contribution in [3.8, 4) is 0 Å². The first-order chi connectivity index (χ1) is 18.6. The van der Waals surface area contributed by atoms with E-state index in [4.69, 9.17) is 24.0 Å². The molecule has 0 saturated carbocycles. The number of fused-ring (bicyclic) bond motifs is 1. The van der Waals surface area contributed by atoms with E-state index in [0.717, 1.165) is 23.5 Å². The van der Waals surface area contributed by atoms with Crippen LogP contribution in [0.4, 0.5) is 5.95 Å². The normalized spacial score (nSPS) is 18.4. The van der Waals surface area contributed by atoms with Gasteiger partial charge < -0.3 is 10.5 Å². The van der Waals surface area contributed by atoms with Crippen LogP contribution in [0.15, 0.2) is 11.1 Å². The van der Waals surface area contributed by atoms with Crippen LogP contribution in [0, 0.1) is 10.8 Å². The summed E-state index contributed by atoms with van der Waals surface area (Å²) < 4.78 is 37.8. The Hall–Kier alpha value is -1.74. The first kappa shape index (κ1) is 32.8. The van der Waals surface area contributed by atoms with Gasteiger partial charge in [-0.25, -0.2) is 9.55 Å². The van der Waals surface area contributed by atoms with E-state index < -0.39 is 36.5 Å². The Kier molecular flexibility index (Phi) is 11.1. The van der Waals surface area contributed by atoms with Crippen molar-refractivity contribution in [1.82, 2.24) is 19.5 Å². The molecule has 3 rings (SSSR count). The second kappa shape index (κ2) is 13.5. The zero-order valence-electron chi connectivity index (χ0n) is 23.6. The summed E-state index contributed by atoms with van der Waals surface area (Å²) in [5.74, 6) is 0.515. The fourth-order valence-electron chi connectivity index (χ4n) is 3.45. The predicted molar refractivity (Wildman–Crippen MR) is 155 cm³/mol. The highest BCUT2D eigenvalue weighted by Crippen LogP contribution is 2.50. The number of aromatic nitrogens is 4. The minimum atomic E-state index is -4.03. The number of carbonyl (C=O) groups is 2. The highest BCUT2D eigenvalue weighted by atomic mass is 32.2. The first-order valence-corrected chi connectivity index (χ1v) is 16.3. The number of imidazole rings is 1. The molecule has 3 N–H and O–H groups in total. The van der Waals surface area contributed by atoms with Crippen molar-refractivity contribution < 1.29 is 32.5 Å². The lowest BCUT2D eigenvalue weighted by molar-refractivity contribution is -0.118. The lowest BCUT2D eigenvalue weighted by Crippen LogP contribution is -2.19. The van der Waals surface area contributed by atoms with E-state index in [1.54, 1.807) is 4.57 Å². The van der Waals surface area contributed by atoms with Crippen LogP contribution in [0.1, 0.15) is 60.6 Å². The topological polar surface area (TPSA) is 178 Å². The number of nitrogens with zero attached hydrogens (tertiary/aromatic N) is 3. The summed E-state index contributed by atoms with van der Waals surface area (Å²) in [6.45, 7) is 10.8. The number of phosphoric ester groups is 1. The van der Waals surface area contributed by atoms with E-state index in [2.05, 4.69) is 15.0 Å². The SMILES string of the molecule is CC(C)(C)C(=O)SCCOP(=O)(OCCSC(=O)C(C)(C)C)OC[C@@H]1CC[C@H](n2cnc3c(=O)[nH]c(N)nc32)O1. The second-order valence-electron chi connectivity index (χ2n) is 11.2. The molecule has 0 aliphatic carbocycles. The Bertz CT molecular complexity index is 1260. The van der Waals surface area contributed by atoms with E-state index >= 15 is 0 Å². The van der Waals surface area contributed by atoms with E-state index in [1.807, 2.05) is 41.5 Å². The monoisotopic (exact) mass is 619 g/mol. The van der Waals surface area contributed by atoms with Crippen LogP contribution in [0.2, 0.25) is 0 Å². The highest BCUT2D eigenvalue weighted by Gasteiger charge is 2.34. The Morgan fingerprint density at radius 3 is 2.20 bits per heavy atom. The summed E-state index contributed by atoms with van der Waals surface area (Å²) in [4.78, 5) is 47.1. The van der Waals surface area contributed by atoms with Gasteiger partial charge in [0.2, 0.25) is 5.95 Å². The van der Waals surface area contributed by atoms with Gasteiger partial charge in [0.25, 0.3) is 5.56 Å². The number of phosphoric acid groups is 1. The highest BCUT2D eigenvalue weighted by molar-refractivity contribution is 8.14. The number of aromatic amines is 1. The van der Waals surface area contributed by atoms with Crippen LogP contribution < -0.4 is 11.3 Å². The largest absolute Gasteiger partial charge is 0.474 e. The molecule has 40 heavy (non-hydrogen) atoms. The maximum Gasteiger partial charge on any atom is 0.474 e. The molecule has 0 spiro atoms.